The minimum atomic E-state index is 0.192. The first kappa shape index (κ1) is 16.1. The second kappa shape index (κ2) is 8.23. The summed E-state index contributed by atoms with van der Waals surface area (Å²) in [4.78, 5) is 14.0. The lowest BCUT2D eigenvalue weighted by Crippen LogP contribution is -2.29. The molecule has 2 aromatic rings. The minimum absolute atomic E-state index is 0.192. The van der Waals surface area contributed by atoms with Crippen molar-refractivity contribution in [2.45, 2.75) is 19.3 Å². The number of likely N-dealkylation sites (N-methyl/N-ethyl adjacent to an activating group) is 1. The van der Waals surface area contributed by atoms with Gasteiger partial charge in [0.15, 0.2) is 0 Å². The van der Waals surface area contributed by atoms with Gasteiger partial charge >= 0.3 is 0 Å². The fraction of sp³-hybridized carbons (Fsp3) is 0.316. The van der Waals surface area contributed by atoms with Crippen LogP contribution in [0.3, 0.4) is 0 Å². The molecule has 22 heavy (non-hydrogen) atoms. The summed E-state index contributed by atoms with van der Waals surface area (Å²) in [5.74, 6) is 1.05. The fourth-order valence-electron chi connectivity index (χ4n) is 2.30. The normalized spacial score (nSPS) is 10.3. The largest absolute Gasteiger partial charge is 0.497 e. The standard InChI is InChI=1S/C19H23NO2/c1-20(15-14-17-8-11-18(22-2)12-9-17)19(21)13-10-16-6-4-3-5-7-16/h3-9,11-12H,10,13-15H2,1-2H3. The maximum absolute atomic E-state index is 12.1. The number of hydrogen-bond acceptors (Lipinski definition) is 2. The van der Waals surface area contributed by atoms with Crippen molar-refractivity contribution in [1.82, 2.24) is 4.90 Å². The molecule has 0 aliphatic rings. The number of amides is 1. The summed E-state index contributed by atoms with van der Waals surface area (Å²) in [5, 5.41) is 0. The van der Waals surface area contributed by atoms with Crippen molar-refractivity contribution in [3.8, 4) is 5.75 Å². The number of benzene rings is 2. The Morgan fingerprint density at radius 3 is 2.23 bits per heavy atom. The summed E-state index contributed by atoms with van der Waals surface area (Å²) in [6.45, 7) is 0.736. The van der Waals surface area contributed by atoms with E-state index in [1.807, 2.05) is 54.4 Å². The number of aryl methyl sites for hydroxylation is 1. The molecule has 0 radical (unpaired) electrons. The molecule has 0 saturated carbocycles. The first-order valence-electron chi connectivity index (χ1n) is 7.60. The first-order chi connectivity index (χ1) is 10.7. The summed E-state index contributed by atoms with van der Waals surface area (Å²) < 4.78 is 5.14. The summed E-state index contributed by atoms with van der Waals surface area (Å²) in [5.41, 5.74) is 2.42. The molecular weight excluding hydrogens is 274 g/mol. The van der Waals surface area contributed by atoms with Crippen LogP contribution in [-0.2, 0) is 17.6 Å². The monoisotopic (exact) mass is 297 g/mol. The summed E-state index contributed by atoms with van der Waals surface area (Å²) in [7, 11) is 3.53. The third kappa shape index (κ3) is 4.92. The van der Waals surface area contributed by atoms with E-state index < -0.39 is 0 Å². The Balaban J connectivity index is 1.76. The zero-order valence-electron chi connectivity index (χ0n) is 13.3. The predicted molar refractivity (Wildman–Crippen MR) is 89.1 cm³/mol. The lowest BCUT2D eigenvalue weighted by Gasteiger charge is -2.17. The van der Waals surface area contributed by atoms with Crippen molar-refractivity contribution in [3.63, 3.8) is 0 Å². The van der Waals surface area contributed by atoms with E-state index in [1.165, 1.54) is 11.1 Å². The number of carbonyl (C=O) groups is 1. The number of rotatable bonds is 7. The molecule has 0 fully saturated rings. The number of methoxy groups -OCH3 is 1. The van der Waals surface area contributed by atoms with Crippen LogP contribution in [0.25, 0.3) is 0 Å². The van der Waals surface area contributed by atoms with Gasteiger partial charge in [-0.15, -0.1) is 0 Å². The van der Waals surface area contributed by atoms with E-state index in [-0.39, 0.29) is 5.91 Å². The summed E-state index contributed by atoms with van der Waals surface area (Å²) >= 11 is 0. The van der Waals surface area contributed by atoms with Crippen LogP contribution in [0, 0.1) is 0 Å². The zero-order chi connectivity index (χ0) is 15.8. The highest BCUT2D eigenvalue weighted by atomic mass is 16.5. The average Bonchev–Trinajstić information content (AvgIpc) is 2.58. The third-order valence-corrected chi connectivity index (χ3v) is 3.79. The first-order valence-corrected chi connectivity index (χ1v) is 7.60. The molecule has 0 aromatic heterocycles. The lowest BCUT2D eigenvalue weighted by atomic mass is 10.1. The van der Waals surface area contributed by atoms with Gasteiger partial charge in [-0.05, 0) is 36.1 Å². The Bertz CT molecular complexity index is 578. The molecule has 2 rings (SSSR count). The molecule has 3 heteroatoms. The topological polar surface area (TPSA) is 29.5 Å². The molecule has 0 bridgehead atoms. The van der Waals surface area contributed by atoms with Crippen LogP contribution in [0.5, 0.6) is 5.75 Å². The van der Waals surface area contributed by atoms with Crippen molar-refractivity contribution in [3.05, 3.63) is 65.7 Å². The van der Waals surface area contributed by atoms with Gasteiger partial charge in [0.1, 0.15) is 5.75 Å². The van der Waals surface area contributed by atoms with Crippen molar-refractivity contribution >= 4 is 5.91 Å². The predicted octanol–water partition coefficient (Wildman–Crippen LogP) is 3.33. The number of hydrogen-bond donors (Lipinski definition) is 0. The van der Waals surface area contributed by atoms with Crippen LogP contribution in [0.2, 0.25) is 0 Å². The van der Waals surface area contributed by atoms with Gasteiger partial charge in [-0.1, -0.05) is 42.5 Å². The molecule has 0 atom stereocenters. The van der Waals surface area contributed by atoms with E-state index in [4.69, 9.17) is 4.74 Å². The molecule has 0 heterocycles. The Hall–Kier alpha value is -2.29. The summed E-state index contributed by atoms with van der Waals surface area (Å²) in [6.07, 6.45) is 2.22. The molecule has 116 valence electrons. The van der Waals surface area contributed by atoms with Crippen molar-refractivity contribution in [2.24, 2.45) is 0 Å². The van der Waals surface area contributed by atoms with E-state index in [9.17, 15) is 4.79 Å². The van der Waals surface area contributed by atoms with Crippen LogP contribution in [0.15, 0.2) is 54.6 Å². The van der Waals surface area contributed by atoms with Crippen LogP contribution in [0.4, 0.5) is 0 Å². The number of carbonyl (C=O) groups excluding carboxylic acids is 1. The quantitative estimate of drug-likeness (QED) is 0.784. The minimum Gasteiger partial charge on any atom is -0.497 e. The van der Waals surface area contributed by atoms with E-state index >= 15 is 0 Å². The van der Waals surface area contributed by atoms with Gasteiger partial charge < -0.3 is 9.64 Å². The van der Waals surface area contributed by atoms with Crippen molar-refractivity contribution < 1.29 is 9.53 Å². The Morgan fingerprint density at radius 2 is 1.59 bits per heavy atom. The van der Waals surface area contributed by atoms with E-state index in [0.29, 0.717) is 6.42 Å². The Labute approximate surface area is 132 Å². The fourth-order valence-corrected chi connectivity index (χ4v) is 2.30. The van der Waals surface area contributed by atoms with Crippen LogP contribution in [-0.4, -0.2) is 31.5 Å². The highest BCUT2D eigenvalue weighted by Crippen LogP contribution is 2.12. The van der Waals surface area contributed by atoms with Gasteiger partial charge in [0, 0.05) is 20.0 Å². The molecule has 0 N–H and O–H groups in total. The lowest BCUT2D eigenvalue weighted by molar-refractivity contribution is -0.129. The van der Waals surface area contributed by atoms with E-state index in [0.717, 1.165) is 25.1 Å². The van der Waals surface area contributed by atoms with Crippen molar-refractivity contribution in [1.29, 1.82) is 0 Å². The van der Waals surface area contributed by atoms with E-state index in [2.05, 4.69) is 12.1 Å². The second-order valence-electron chi connectivity index (χ2n) is 5.40. The maximum atomic E-state index is 12.1. The van der Waals surface area contributed by atoms with E-state index in [1.54, 1.807) is 7.11 Å². The SMILES string of the molecule is COc1ccc(CCN(C)C(=O)CCc2ccccc2)cc1. The van der Waals surface area contributed by atoms with Gasteiger partial charge in [0.25, 0.3) is 0 Å². The Morgan fingerprint density at radius 1 is 0.955 bits per heavy atom. The maximum Gasteiger partial charge on any atom is 0.222 e. The van der Waals surface area contributed by atoms with Gasteiger partial charge in [-0.25, -0.2) is 0 Å². The third-order valence-electron chi connectivity index (χ3n) is 3.79. The Kier molecular flexibility index (Phi) is 6.01. The molecule has 0 saturated heterocycles. The average molecular weight is 297 g/mol. The number of nitrogens with zero attached hydrogens (tertiary/aromatic N) is 1. The zero-order valence-corrected chi connectivity index (χ0v) is 13.3. The van der Waals surface area contributed by atoms with Gasteiger partial charge in [0.05, 0.1) is 7.11 Å². The van der Waals surface area contributed by atoms with Gasteiger partial charge in [-0.3, -0.25) is 4.79 Å². The van der Waals surface area contributed by atoms with Crippen LogP contribution >= 0.6 is 0 Å². The molecule has 0 aliphatic carbocycles. The molecular formula is C19H23NO2. The second-order valence-corrected chi connectivity index (χ2v) is 5.40. The molecule has 0 unspecified atom stereocenters. The van der Waals surface area contributed by atoms with Crippen LogP contribution in [0.1, 0.15) is 17.5 Å². The molecule has 2 aromatic carbocycles. The molecule has 3 nitrogen and oxygen atoms in total. The van der Waals surface area contributed by atoms with Gasteiger partial charge in [0.2, 0.25) is 5.91 Å². The molecule has 0 spiro atoms. The molecule has 1 amide bonds. The molecule has 0 aliphatic heterocycles. The summed E-state index contributed by atoms with van der Waals surface area (Å²) in [6, 6.07) is 18.1. The highest BCUT2D eigenvalue weighted by molar-refractivity contribution is 5.76. The highest BCUT2D eigenvalue weighted by Gasteiger charge is 2.08. The van der Waals surface area contributed by atoms with Gasteiger partial charge in [-0.2, -0.15) is 0 Å². The number of ether oxygens (including phenoxy) is 1. The van der Waals surface area contributed by atoms with Crippen LogP contribution < -0.4 is 4.74 Å². The van der Waals surface area contributed by atoms with Crippen molar-refractivity contribution in [2.75, 3.05) is 20.7 Å². The smallest absolute Gasteiger partial charge is 0.222 e.